The van der Waals surface area contributed by atoms with E-state index in [2.05, 4.69) is 37.6 Å². The number of hydrogen-bond donors (Lipinski definition) is 0. The molecule has 0 aromatic carbocycles. The van der Waals surface area contributed by atoms with Crippen molar-refractivity contribution in [3.63, 3.8) is 0 Å². The molecule has 0 amide bonds. The third-order valence-corrected chi connectivity index (χ3v) is 6.56. The summed E-state index contributed by atoms with van der Waals surface area (Å²) in [5, 5.41) is 0. The van der Waals surface area contributed by atoms with Crippen LogP contribution >= 0.6 is 7.26 Å². The minimum absolute atomic E-state index is 0.741. The first-order valence-corrected chi connectivity index (χ1v) is 7.86. The molecule has 0 spiro atoms. The summed E-state index contributed by atoms with van der Waals surface area (Å²) in [5.41, 5.74) is 0. The maximum absolute atomic E-state index is 2.51. The highest BCUT2D eigenvalue weighted by atomic mass is 31.2. The Morgan fingerprint density at radius 3 is 1.69 bits per heavy atom. The lowest BCUT2D eigenvalue weighted by Gasteiger charge is -2.27. The van der Waals surface area contributed by atoms with E-state index in [0.29, 0.717) is 0 Å². The van der Waals surface area contributed by atoms with Crippen LogP contribution in [0.15, 0.2) is 23.8 Å². The van der Waals surface area contributed by atoms with E-state index in [-0.39, 0.29) is 0 Å². The van der Waals surface area contributed by atoms with Crippen LogP contribution in [0.25, 0.3) is 0 Å². The molecule has 1 heteroatoms. The van der Waals surface area contributed by atoms with E-state index in [1.54, 1.807) is 0 Å². The molecule has 13 heavy (non-hydrogen) atoms. The largest absolute Gasteiger partial charge is 0.0848 e. The van der Waals surface area contributed by atoms with Crippen molar-refractivity contribution in [1.29, 1.82) is 0 Å². The highest BCUT2D eigenvalue weighted by molar-refractivity contribution is 7.81. The summed E-state index contributed by atoms with van der Waals surface area (Å²) in [6.07, 6.45) is 12.9. The van der Waals surface area contributed by atoms with Gasteiger partial charge in [-0.05, 0) is 25.2 Å². The van der Waals surface area contributed by atoms with Crippen LogP contribution in [-0.2, 0) is 0 Å². The predicted molar refractivity (Wildman–Crippen MR) is 64.8 cm³/mol. The lowest BCUT2D eigenvalue weighted by Crippen LogP contribution is -1.97. The predicted octanol–water partition coefficient (Wildman–Crippen LogP) is 4.65. The van der Waals surface area contributed by atoms with Crippen LogP contribution in [0.2, 0.25) is 0 Å². The third-order valence-electron chi connectivity index (χ3n) is 2.73. The standard InChI is InChI=1S/C12H22P/c1-3-5-9-13(10-6-4-2)11-7-8-12-13/h7-8,11-12H,3-6,9-10H2,1-2H3. The number of unbranched alkanes of at least 4 members (excludes halogenated alkanes) is 2. The molecular weight excluding hydrogens is 175 g/mol. The molecule has 0 aliphatic carbocycles. The minimum atomic E-state index is -0.741. The van der Waals surface area contributed by atoms with Crippen LogP contribution in [-0.4, -0.2) is 12.3 Å². The molecule has 0 aromatic heterocycles. The highest BCUT2D eigenvalue weighted by Gasteiger charge is 2.21. The Hall–Kier alpha value is -0.0900. The van der Waals surface area contributed by atoms with Gasteiger partial charge >= 0.3 is 0 Å². The van der Waals surface area contributed by atoms with Crippen molar-refractivity contribution < 1.29 is 0 Å². The van der Waals surface area contributed by atoms with Gasteiger partial charge in [0, 0.05) is 0 Å². The molecule has 0 saturated heterocycles. The number of rotatable bonds is 6. The van der Waals surface area contributed by atoms with Gasteiger partial charge < -0.3 is 0 Å². The molecule has 0 aromatic rings. The molecule has 1 aliphatic heterocycles. The Kier molecular flexibility index (Phi) is 4.73. The molecule has 0 saturated carbocycles. The van der Waals surface area contributed by atoms with Gasteiger partial charge in [-0.2, -0.15) is 0 Å². The summed E-state index contributed by atoms with van der Waals surface area (Å²) in [6, 6.07) is 0. The zero-order chi connectivity index (χ0) is 9.57. The zero-order valence-corrected chi connectivity index (χ0v) is 9.89. The van der Waals surface area contributed by atoms with Crippen LogP contribution in [0, 0.1) is 0 Å². The zero-order valence-electron chi connectivity index (χ0n) is 9.00. The fraction of sp³-hybridized carbons (Fsp3) is 0.667. The maximum Gasteiger partial charge on any atom is -0.0295 e. The first-order valence-electron chi connectivity index (χ1n) is 5.56. The van der Waals surface area contributed by atoms with Gasteiger partial charge in [-0.1, -0.05) is 57.7 Å². The summed E-state index contributed by atoms with van der Waals surface area (Å²) in [5.74, 6) is 5.02. The molecule has 1 radical (unpaired) electrons. The monoisotopic (exact) mass is 197 g/mol. The van der Waals surface area contributed by atoms with Crippen LogP contribution in [0.5, 0.6) is 0 Å². The van der Waals surface area contributed by atoms with Gasteiger partial charge in [0.15, 0.2) is 0 Å². The fourth-order valence-electron chi connectivity index (χ4n) is 1.81. The van der Waals surface area contributed by atoms with Crippen LogP contribution < -0.4 is 0 Å². The van der Waals surface area contributed by atoms with Gasteiger partial charge in [-0.25, -0.2) is 0 Å². The third kappa shape index (κ3) is 3.27. The van der Waals surface area contributed by atoms with E-state index in [1.807, 2.05) is 0 Å². The normalized spacial score (nSPS) is 18.3. The van der Waals surface area contributed by atoms with Gasteiger partial charge in [0.1, 0.15) is 0 Å². The number of allylic oxidation sites excluding steroid dienone is 2. The molecule has 0 nitrogen and oxygen atoms in total. The van der Waals surface area contributed by atoms with Crippen molar-refractivity contribution in [1.82, 2.24) is 0 Å². The second kappa shape index (κ2) is 5.60. The van der Waals surface area contributed by atoms with Crippen LogP contribution in [0.1, 0.15) is 39.5 Å². The van der Waals surface area contributed by atoms with Crippen LogP contribution in [0.3, 0.4) is 0 Å². The fourth-order valence-corrected chi connectivity index (χ4v) is 5.42. The molecule has 0 fully saturated rings. The second-order valence-electron chi connectivity index (χ2n) is 3.94. The van der Waals surface area contributed by atoms with Crippen molar-refractivity contribution in [3.8, 4) is 0 Å². The summed E-state index contributed by atoms with van der Waals surface area (Å²) < 4.78 is 0. The molecular formula is C12H22P. The Bertz CT molecular complexity index is 169. The second-order valence-corrected chi connectivity index (χ2v) is 7.64. The maximum atomic E-state index is 2.51. The average molecular weight is 197 g/mol. The van der Waals surface area contributed by atoms with E-state index in [0.717, 1.165) is 0 Å². The topological polar surface area (TPSA) is 0 Å². The molecule has 1 aliphatic rings. The van der Waals surface area contributed by atoms with Gasteiger partial charge in [0.25, 0.3) is 0 Å². The Morgan fingerprint density at radius 1 is 0.846 bits per heavy atom. The Balaban J connectivity index is 2.44. The molecule has 75 valence electrons. The van der Waals surface area contributed by atoms with E-state index in [9.17, 15) is 0 Å². The van der Waals surface area contributed by atoms with E-state index < -0.39 is 7.26 Å². The molecule has 1 heterocycles. The molecule has 0 N–H and O–H groups in total. The summed E-state index contributed by atoms with van der Waals surface area (Å²) in [6.45, 7) is 4.58. The van der Waals surface area contributed by atoms with Crippen LogP contribution in [0.4, 0.5) is 0 Å². The first kappa shape index (κ1) is 11.0. The Labute approximate surface area is 83.5 Å². The Morgan fingerprint density at radius 2 is 1.31 bits per heavy atom. The molecule has 0 unspecified atom stereocenters. The quantitative estimate of drug-likeness (QED) is 0.544. The first-order chi connectivity index (χ1) is 6.33. The van der Waals surface area contributed by atoms with E-state index in [4.69, 9.17) is 0 Å². The molecule has 1 rings (SSSR count). The van der Waals surface area contributed by atoms with Gasteiger partial charge in [0.2, 0.25) is 0 Å². The SMILES string of the molecule is CCCC[P]1(CCCC)C=CC=C1. The molecule has 0 atom stereocenters. The lowest BCUT2D eigenvalue weighted by molar-refractivity contribution is 0.866. The van der Waals surface area contributed by atoms with Crippen molar-refractivity contribution in [3.05, 3.63) is 23.8 Å². The molecule has 0 bridgehead atoms. The van der Waals surface area contributed by atoms with Gasteiger partial charge in [-0.3, -0.25) is 0 Å². The van der Waals surface area contributed by atoms with E-state index >= 15 is 0 Å². The van der Waals surface area contributed by atoms with Crippen molar-refractivity contribution in [2.75, 3.05) is 12.3 Å². The van der Waals surface area contributed by atoms with Crippen molar-refractivity contribution in [2.45, 2.75) is 39.5 Å². The van der Waals surface area contributed by atoms with E-state index in [1.165, 1.54) is 38.0 Å². The van der Waals surface area contributed by atoms with Gasteiger partial charge in [-0.15, -0.1) is 0 Å². The lowest BCUT2D eigenvalue weighted by atomic mass is 10.4. The number of hydrogen-bond acceptors (Lipinski definition) is 0. The van der Waals surface area contributed by atoms with Crippen molar-refractivity contribution in [2.24, 2.45) is 0 Å². The smallest absolute Gasteiger partial charge is 0.0295 e. The average Bonchev–Trinajstić information content (AvgIpc) is 2.61. The highest BCUT2D eigenvalue weighted by Crippen LogP contribution is 2.65. The van der Waals surface area contributed by atoms with Gasteiger partial charge in [0.05, 0.1) is 0 Å². The summed E-state index contributed by atoms with van der Waals surface area (Å²) in [7, 11) is -0.741. The van der Waals surface area contributed by atoms with Crippen molar-refractivity contribution >= 4 is 7.26 Å². The summed E-state index contributed by atoms with van der Waals surface area (Å²) in [4.78, 5) is 0. The minimum Gasteiger partial charge on any atom is -0.0848 e. The summed E-state index contributed by atoms with van der Waals surface area (Å²) >= 11 is 0.